The number of piperidine rings is 1. The summed E-state index contributed by atoms with van der Waals surface area (Å²) >= 11 is 3.45. The number of likely N-dealkylation sites (tertiary alicyclic amines) is 1. The van der Waals surface area contributed by atoms with Crippen LogP contribution >= 0.6 is 15.9 Å². The standard InChI is InChI=1S/C19H28BrN3O2S/c1-13(2)19(3,14-5-7-15(20)8-6-14)17(21)22-18(24)23-11-9-16(10-12-23)26(4)25/h5-8,13,16H,9-12H2,1-4H3,(H2,21,22,24). The number of hydrogen-bond donors (Lipinski definition) is 1. The zero-order chi connectivity index (χ0) is 19.5. The molecule has 2 rings (SSSR count). The zero-order valence-corrected chi connectivity index (χ0v) is 18.3. The molecular weight excluding hydrogens is 414 g/mol. The number of halogens is 1. The van der Waals surface area contributed by atoms with Crippen LogP contribution in [0.2, 0.25) is 0 Å². The number of carbonyl (C=O) groups is 1. The number of amidine groups is 1. The molecule has 1 aromatic carbocycles. The summed E-state index contributed by atoms with van der Waals surface area (Å²) in [4.78, 5) is 18.6. The number of urea groups is 1. The number of nitrogens with two attached hydrogens (primary N) is 1. The van der Waals surface area contributed by atoms with Crippen LogP contribution in [0.1, 0.15) is 39.2 Å². The lowest BCUT2D eigenvalue weighted by Crippen LogP contribution is -2.45. The first-order valence-electron chi connectivity index (χ1n) is 8.88. The van der Waals surface area contributed by atoms with Crippen molar-refractivity contribution >= 4 is 38.6 Å². The molecule has 2 N–H and O–H groups in total. The summed E-state index contributed by atoms with van der Waals surface area (Å²) in [6.45, 7) is 7.35. The minimum absolute atomic E-state index is 0.170. The summed E-state index contributed by atoms with van der Waals surface area (Å²) in [7, 11) is -0.840. The van der Waals surface area contributed by atoms with Crippen molar-refractivity contribution in [3.05, 3.63) is 34.3 Å². The monoisotopic (exact) mass is 441 g/mol. The van der Waals surface area contributed by atoms with Gasteiger partial charge in [0.25, 0.3) is 0 Å². The first kappa shape index (κ1) is 21.1. The molecule has 1 aliphatic heterocycles. The van der Waals surface area contributed by atoms with Crippen LogP contribution in [-0.2, 0) is 16.2 Å². The van der Waals surface area contributed by atoms with Crippen molar-refractivity contribution in [2.45, 2.75) is 44.3 Å². The number of rotatable bonds is 4. The van der Waals surface area contributed by atoms with Crippen molar-refractivity contribution in [2.75, 3.05) is 19.3 Å². The maximum atomic E-state index is 12.6. The molecule has 1 aromatic rings. The third-order valence-electron chi connectivity index (χ3n) is 5.53. The molecule has 2 unspecified atom stereocenters. The van der Waals surface area contributed by atoms with Gasteiger partial charge in [0, 0.05) is 39.9 Å². The summed E-state index contributed by atoms with van der Waals surface area (Å²) in [6, 6.07) is 7.67. The lowest BCUT2D eigenvalue weighted by molar-refractivity contribution is 0.197. The average Bonchev–Trinajstić information content (AvgIpc) is 2.61. The van der Waals surface area contributed by atoms with Crippen molar-refractivity contribution in [1.82, 2.24) is 4.90 Å². The van der Waals surface area contributed by atoms with Gasteiger partial charge in [-0.1, -0.05) is 41.9 Å². The highest BCUT2D eigenvalue weighted by molar-refractivity contribution is 9.10. The quantitative estimate of drug-likeness (QED) is 0.571. The number of amides is 2. The van der Waals surface area contributed by atoms with Crippen molar-refractivity contribution in [1.29, 1.82) is 0 Å². The Morgan fingerprint density at radius 1 is 1.31 bits per heavy atom. The van der Waals surface area contributed by atoms with Crippen LogP contribution in [0.5, 0.6) is 0 Å². The Morgan fingerprint density at radius 2 is 1.85 bits per heavy atom. The molecule has 5 nitrogen and oxygen atoms in total. The molecule has 0 saturated carbocycles. The fraction of sp³-hybridized carbons (Fsp3) is 0.579. The van der Waals surface area contributed by atoms with E-state index in [1.807, 2.05) is 31.2 Å². The lowest BCUT2D eigenvalue weighted by Gasteiger charge is -2.35. The van der Waals surface area contributed by atoms with Crippen LogP contribution in [0.25, 0.3) is 0 Å². The fourth-order valence-corrected chi connectivity index (χ4v) is 4.38. The van der Waals surface area contributed by atoms with Crippen molar-refractivity contribution in [3.8, 4) is 0 Å². The molecule has 1 fully saturated rings. The summed E-state index contributed by atoms with van der Waals surface area (Å²) in [5, 5.41) is 0.170. The number of benzene rings is 1. The second kappa shape index (κ2) is 8.65. The first-order valence-corrected chi connectivity index (χ1v) is 11.3. The molecule has 0 aliphatic carbocycles. The normalized spacial score (nSPS) is 20.1. The SMILES string of the molecule is CC(C)C(C)(C(N)=NC(=O)N1CCC(S(C)=O)CC1)c1ccc(Br)cc1. The maximum Gasteiger partial charge on any atom is 0.345 e. The second-order valence-corrected chi connectivity index (χ2v) is 9.91. The third-order valence-corrected chi connectivity index (χ3v) is 7.47. The minimum Gasteiger partial charge on any atom is -0.386 e. The van der Waals surface area contributed by atoms with E-state index in [4.69, 9.17) is 5.73 Å². The van der Waals surface area contributed by atoms with Gasteiger partial charge < -0.3 is 10.6 Å². The summed E-state index contributed by atoms with van der Waals surface area (Å²) in [6.07, 6.45) is 3.22. The van der Waals surface area contributed by atoms with Gasteiger partial charge in [0.2, 0.25) is 0 Å². The molecule has 0 spiro atoms. The largest absolute Gasteiger partial charge is 0.386 e. The van der Waals surface area contributed by atoms with Crippen molar-refractivity contribution < 1.29 is 9.00 Å². The Hall–Kier alpha value is -1.21. The molecular formula is C19H28BrN3O2S. The van der Waals surface area contributed by atoms with E-state index in [1.165, 1.54) is 0 Å². The summed E-state index contributed by atoms with van der Waals surface area (Å²) in [5.74, 6) is 0.509. The van der Waals surface area contributed by atoms with E-state index in [0.717, 1.165) is 22.9 Å². The zero-order valence-electron chi connectivity index (χ0n) is 15.9. The highest BCUT2D eigenvalue weighted by atomic mass is 79.9. The molecule has 0 aromatic heterocycles. The highest BCUT2D eigenvalue weighted by Gasteiger charge is 2.36. The maximum absolute atomic E-state index is 12.6. The molecule has 1 saturated heterocycles. The van der Waals surface area contributed by atoms with Crippen LogP contribution in [0.4, 0.5) is 4.79 Å². The molecule has 0 radical (unpaired) electrons. The van der Waals surface area contributed by atoms with Gasteiger partial charge >= 0.3 is 6.03 Å². The van der Waals surface area contributed by atoms with Gasteiger partial charge in [0.05, 0.1) is 5.41 Å². The van der Waals surface area contributed by atoms with Gasteiger partial charge in [-0.25, -0.2) is 4.79 Å². The summed E-state index contributed by atoms with van der Waals surface area (Å²) in [5.41, 5.74) is 6.85. The Labute approximate surface area is 167 Å². The number of hydrogen-bond acceptors (Lipinski definition) is 2. The highest BCUT2D eigenvalue weighted by Crippen LogP contribution is 2.33. The van der Waals surface area contributed by atoms with E-state index >= 15 is 0 Å². The molecule has 2 atom stereocenters. The van der Waals surface area contributed by atoms with Crippen LogP contribution in [0.3, 0.4) is 0 Å². The van der Waals surface area contributed by atoms with E-state index in [9.17, 15) is 9.00 Å². The number of nitrogens with zero attached hydrogens (tertiary/aromatic N) is 2. The molecule has 26 heavy (non-hydrogen) atoms. The molecule has 2 amide bonds. The van der Waals surface area contributed by atoms with Crippen LogP contribution in [0, 0.1) is 5.92 Å². The van der Waals surface area contributed by atoms with Crippen LogP contribution in [0.15, 0.2) is 33.7 Å². The fourth-order valence-electron chi connectivity index (χ4n) is 3.24. The first-order chi connectivity index (χ1) is 12.2. The lowest BCUT2D eigenvalue weighted by atomic mass is 9.72. The van der Waals surface area contributed by atoms with E-state index in [1.54, 1.807) is 11.2 Å². The van der Waals surface area contributed by atoms with Gasteiger partial charge in [0.15, 0.2) is 0 Å². The minimum atomic E-state index is -0.840. The van der Waals surface area contributed by atoms with Crippen molar-refractivity contribution in [2.24, 2.45) is 16.6 Å². The average molecular weight is 442 g/mol. The predicted octanol–water partition coefficient (Wildman–Crippen LogP) is 3.68. The Kier molecular flexibility index (Phi) is 7.02. The molecule has 0 bridgehead atoms. The van der Waals surface area contributed by atoms with E-state index in [-0.39, 0.29) is 17.2 Å². The van der Waals surface area contributed by atoms with E-state index < -0.39 is 16.2 Å². The Morgan fingerprint density at radius 3 is 2.31 bits per heavy atom. The van der Waals surface area contributed by atoms with Gasteiger partial charge in [-0.2, -0.15) is 4.99 Å². The van der Waals surface area contributed by atoms with Gasteiger partial charge in [-0.3, -0.25) is 4.21 Å². The van der Waals surface area contributed by atoms with Crippen LogP contribution < -0.4 is 5.73 Å². The smallest absolute Gasteiger partial charge is 0.345 e. The topological polar surface area (TPSA) is 75.8 Å². The summed E-state index contributed by atoms with van der Waals surface area (Å²) < 4.78 is 12.6. The molecule has 7 heteroatoms. The third kappa shape index (κ3) is 4.55. The molecule has 1 heterocycles. The molecule has 1 aliphatic rings. The van der Waals surface area contributed by atoms with E-state index in [0.29, 0.717) is 18.9 Å². The second-order valence-electron chi connectivity index (χ2n) is 7.33. The number of carbonyl (C=O) groups excluding carboxylic acids is 1. The van der Waals surface area contributed by atoms with Gasteiger partial charge in [0.1, 0.15) is 5.84 Å². The predicted molar refractivity (Wildman–Crippen MR) is 112 cm³/mol. The van der Waals surface area contributed by atoms with Gasteiger partial charge in [-0.15, -0.1) is 0 Å². The molecule has 144 valence electrons. The van der Waals surface area contributed by atoms with Crippen molar-refractivity contribution in [3.63, 3.8) is 0 Å². The van der Waals surface area contributed by atoms with Crippen LogP contribution in [-0.4, -0.2) is 45.6 Å². The Balaban J connectivity index is 2.20. The van der Waals surface area contributed by atoms with E-state index in [2.05, 4.69) is 34.8 Å². The Bertz CT molecular complexity index is 697. The van der Waals surface area contributed by atoms with Gasteiger partial charge in [-0.05, 0) is 43.4 Å². The number of aliphatic imine (C=N–C) groups is 1.